The van der Waals surface area contributed by atoms with Crippen LogP contribution in [-0.2, 0) is 20.2 Å². The number of rotatable bonds is 6. The van der Waals surface area contributed by atoms with Crippen LogP contribution in [0.3, 0.4) is 0 Å². The van der Waals surface area contributed by atoms with Gasteiger partial charge in [0.05, 0.1) is 10.3 Å². The number of carbonyl (C=O) groups is 1. The standard InChI is InChI=1S/C25H29N5O3S/c1-29-11-13-30(14-12-29)23-20(15-18(16-27-23)17-5-6-17)25(8-9-25)24(31)28-34(32,33)22-4-2-3-21-19(22)7-10-26-21/h2-4,7,10,15-17,26H,5-6,8-9,11-14H2,1H3,(H,28,31). The summed E-state index contributed by atoms with van der Waals surface area (Å²) in [6, 6.07) is 8.88. The number of amides is 1. The van der Waals surface area contributed by atoms with Crippen LogP contribution in [0.4, 0.5) is 5.82 Å². The van der Waals surface area contributed by atoms with Gasteiger partial charge in [0.2, 0.25) is 5.91 Å². The van der Waals surface area contributed by atoms with E-state index in [1.54, 1.807) is 18.3 Å². The molecule has 2 aromatic heterocycles. The lowest BCUT2D eigenvalue weighted by atomic mass is 9.93. The van der Waals surface area contributed by atoms with Gasteiger partial charge < -0.3 is 14.8 Å². The van der Waals surface area contributed by atoms with Crippen molar-refractivity contribution in [3.63, 3.8) is 0 Å². The van der Waals surface area contributed by atoms with Gasteiger partial charge in [-0.15, -0.1) is 0 Å². The van der Waals surface area contributed by atoms with E-state index in [1.807, 2.05) is 12.3 Å². The molecule has 2 N–H and O–H groups in total. The van der Waals surface area contributed by atoms with Crippen LogP contribution in [0, 0.1) is 0 Å². The number of nitrogens with one attached hydrogen (secondary N) is 2. The van der Waals surface area contributed by atoms with Crippen molar-refractivity contribution in [1.82, 2.24) is 19.6 Å². The van der Waals surface area contributed by atoms with Gasteiger partial charge in [0.15, 0.2) is 0 Å². The number of fused-ring (bicyclic) bond motifs is 1. The van der Waals surface area contributed by atoms with E-state index in [-0.39, 0.29) is 4.90 Å². The maximum absolute atomic E-state index is 13.6. The summed E-state index contributed by atoms with van der Waals surface area (Å²) in [4.78, 5) is 26.1. The Hall–Kier alpha value is -2.91. The summed E-state index contributed by atoms with van der Waals surface area (Å²) in [5.41, 5.74) is 1.91. The van der Waals surface area contributed by atoms with E-state index < -0.39 is 21.3 Å². The molecule has 1 aliphatic heterocycles. The molecule has 0 unspecified atom stereocenters. The minimum atomic E-state index is -4.03. The van der Waals surface area contributed by atoms with Gasteiger partial charge in [0, 0.05) is 55.0 Å². The highest BCUT2D eigenvalue weighted by Crippen LogP contribution is 2.53. The zero-order valence-electron chi connectivity index (χ0n) is 19.3. The Morgan fingerprint density at radius 2 is 1.91 bits per heavy atom. The molecule has 2 aliphatic carbocycles. The van der Waals surface area contributed by atoms with Gasteiger partial charge in [0.25, 0.3) is 10.0 Å². The van der Waals surface area contributed by atoms with Gasteiger partial charge in [-0.25, -0.2) is 18.1 Å². The van der Waals surface area contributed by atoms with Crippen molar-refractivity contribution in [1.29, 1.82) is 0 Å². The van der Waals surface area contributed by atoms with Gasteiger partial charge in [-0.1, -0.05) is 6.07 Å². The predicted octanol–water partition coefficient (Wildman–Crippen LogP) is 2.73. The second-order valence-corrected chi connectivity index (χ2v) is 11.6. The molecule has 1 saturated heterocycles. The molecular weight excluding hydrogens is 450 g/mol. The number of aromatic amines is 1. The molecule has 1 aromatic carbocycles. The number of likely N-dealkylation sites (N-methyl/N-ethyl adjacent to an activating group) is 1. The van der Waals surface area contributed by atoms with Gasteiger partial charge >= 0.3 is 0 Å². The minimum Gasteiger partial charge on any atom is -0.361 e. The third-order valence-electron chi connectivity index (χ3n) is 7.51. The smallest absolute Gasteiger partial charge is 0.264 e. The summed E-state index contributed by atoms with van der Waals surface area (Å²) in [6.45, 7) is 3.54. The molecular formula is C25H29N5O3S. The molecule has 3 fully saturated rings. The Kier molecular flexibility index (Phi) is 4.97. The van der Waals surface area contributed by atoms with Crippen LogP contribution in [-0.4, -0.2) is 62.4 Å². The van der Waals surface area contributed by atoms with E-state index in [2.05, 4.69) is 32.6 Å². The fraction of sp³-hybridized carbons (Fsp3) is 0.440. The van der Waals surface area contributed by atoms with Gasteiger partial charge in [-0.05, 0) is 68.5 Å². The van der Waals surface area contributed by atoms with Crippen LogP contribution in [0.2, 0.25) is 0 Å². The van der Waals surface area contributed by atoms with Crippen molar-refractivity contribution in [2.75, 3.05) is 38.1 Å². The summed E-state index contributed by atoms with van der Waals surface area (Å²) in [5.74, 6) is 0.877. The predicted molar refractivity (Wildman–Crippen MR) is 130 cm³/mol. The second-order valence-electron chi connectivity index (χ2n) is 9.92. The first kappa shape index (κ1) is 21.6. The van der Waals surface area contributed by atoms with Gasteiger partial charge in [0.1, 0.15) is 5.82 Å². The number of sulfonamides is 1. The monoisotopic (exact) mass is 479 g/mol. The molecule has 3 aromatic rings. The Morgan fingerprint density at radius 3 is 2.62 bits per heavy atom. The van der Waals surface area contributed by atoms with Crippen molar-refractivity contribution >= 4 is 32.7 Å². The highest BCUT2D eigenvalue weighted by molar-refractivity contribution is 7.90. The van der Waals surface area contributed by atoms with Gasteiger partial charge in [-0.3, -0.25) is 4.79 Å². The largest absolute Gasteiger partial charge is 0.361 e. The first-order valence-electron chi connectivity index (χ1n) is 11.9. The van der Waals surface area contributed by atoms with Crippen LogP contribution < -0.4 is 9.62 Å². The zero-order chi connectivity index (χ0) is 23.5. The molecule has 0 bridgehead atoms. The van der Waals surface area contributed by atoms with Gasteiger partial charge in [-0.2, -0.15) is 0 Å². The number of pyridine rings is 1. The maximum Gasteiger partial charge on any atom is 0.264 e. The molecule has 178 valence electrons. The van der Waals surface area contributed by atoms with Crippen LogP contribution in [0.25, 0.3) is 10.9 Å². The molecule has 0 atom stereocenters. The van der Waals surface area contributed by atoms with E-state index in [0.717, 1.165) is 61.5 Å². The molecule has 9 heteroatoms. The number of carbonyl (C=O) groups excluding carboxylic acids is 1. The van der Waals surface area contributed by atoms with Crippen LogP contribution >= 0.6 is 0 Å². The number of benzene rings is 1. The molecule has 8 nitrogen and oxygen atoms in total. The summed E-state index contributed by atoms with van der Waals surface area (Å²) >= 11 is 0. The van der Waals surface area contributed by atoms with E-state index in [1.165, 1.54) is 6.07 Å². The van der Waals surface area contributed by atoms with E-state index in [9.17, 15) is 13.2 Å². The SMILES string of the molecule is CN1CCN(c2ncc(C3CC3)cc2C2(C(=O)NS(=O)(=O)c3cccc4[nH]ccc34)CC2)CC1. The number of H-pyrrole nitrogens is 1. The van der Waals surface area contributed by atoms with Crippen molar-refractivity contribution in [2.45, 2.75) is 41.9 Å². The average Bonchev–Trinajstić information content (AvgIpc) is 3.76. The average molecular weight is 480 g/mol. The van der Waals surface area contributed by atoms with Crippen LogP contribution in [0.1, 0.15) is 42.7 Å². The Morgan fingerprint density at radius 1 is 1.15 bits per heavy atom. The fourth-order valence-electron chi connectivity index (χ4n) is 5.05. The number of nitrogens with zero attached hydrogens (tertiary/aromatic N) is 3. The first-order chi connectivity index (χ1) is 16.4. The molecule has 34 heavy (non-hydrogen) atoms. The third-order valence-corrected chi connectivity index (χ3v) is 8.90. The number of piperazine rings is 1. The topological polar surface area (TPSA) is 98.4 Å². The zero-order valence-corrected chi connectivity index (χ0v) is 20.1. The van der Waals surface area contributed by atoms with E-state index in [0.29, 0.717) is 24.1 Å². The van der Waals surface area contributed by atoms with Crippen molar-refractivity contribution < 1.29 is 13.2 Å². The number of aromatic nitrogens is 2. The molecule has 1 amide bonds. The number of hydrogen-bond acceptors (Lipinski definition) is 6. The molecule has 6 rings (SSSR count). The fourth-order valence-corrected chi connectivity index (χ4v) is 6.32. The Bertz CT molecular complexity index is 1370. The maximum atomic E-state index is 13.6. The molecule has 3 heterocycles. The highest BCUT2D eigenvalue weighted by Gasteiger charge is 2.54. The van der Waals surface area contributed by atoms with E-state index >= 15 is 0 Å². The lowest BCUT2D eigenvalue weighted by Gasteiger charge is -2.35. The normalized spacial score (nSPS) is 20.4. The summed E-state index contributed by atoms with van der Waals surface area (Å²) in [5, 5.41) is 0.572. The summed E-state index contributed by atoms with van der Waals surface area (Å²) in [7, 11) is -1.92. The third kappa shape index (κ3) is 3.67. The lowest BCUT2D eigenvalue weighted by Crippen LogP contribution is -2.46. The molecule has 0 spiro atoms. The van der Waals surface area contributed by atoms with Crippen LogP contribution in [0.5, 0.6) is 0 Å². The Balaban J connectivity index is 1.35. The van der Waals surface area contributed by atoms with Crippen molar-refractivity contribution in [3.8, 4) is 0 Å². The number of hydrogen-bond donors (Lipinski definition) is 2. The summed E-state index contributed by atoms with van der Waals surface area (Å²) < 4.78 is 29.0. The first-order valence-corrected chi connectivity index (χ1v) is 13.4. The Labute approximate surface area is 199 Å². The summed E-state index contributed by atoms with van der Waals surface area (Å²) in [6.07, 6.45) is 7.18. The van der Waals surface area contributed by atoms with E-state index in [4.69, 9.17) is 4.98 Å². The number of anilines is 1. The lowest BCUT2D eigenvalue weighted by molar-refractivity contribution is -0.121. The highest BCUT2D eigenvalue weighted by atomic mass is 32.2. The quantitative estimate of drug-likeness (QED) is 0.564. The van der Waals surface area contributed by atoms with Crippen LogP contribution in [0.15, 0.2) is 47.6 Å². The molecule has 2 saturated carbocycles. The van der Waals surface area contributed by atoms with Crippen molar-refractivity contribution in [2.24, 2.45) is 0 Å². The second kappa shape index (κ2) is 7.81. The molecule has 3 aliphatic rings. The van der Waals surface area contributed by atoms with Crippen molar-refractivity contribution in [3.05, 3.63) is 53.9 Å². The molecule has 0 radical (unpaired) electrons. The minimum absolute atomic E-state index is 0.111.